The Balaban J connectivity index is 1.41. The maximum Gasteiger partial charge on any atom is 0.243 e. The van der Waals surface area contributed by atoms with Gasteiger partial charge in [0, 0.05) is 32.6 Å². The zero-order chi connectivity index (χ0) is 22.1. The van der Waals surface area contributed by atoms with Gasteiger partial charge in [-0.25, -0.2) is 12.8 Å². The van der Waals surface area contributed by atoms with Gasteiger partial charge in [0.1, 0.15) is 5.82 Å². The lowest BCUT2D eigenvalue weighted by molar-refractivity contribution is -0.131. The van der Waals surface area contributed by atoms with Gasteiger partial charge in [-0.05, 0) is 67.3 Å². The highest BCUT2D eigenvalue weighted by Crippen LogP contribution is 2.42. The van der Waals surface area contributed by atoms with Crippen molar-refractivity contribution in [2.45, 2.75) is 50.5 Å². The van der Waals surface area contributed by atoms with Gasteiger partial charge in [-0.3, -0.25) is 4.79 Å². The van der Waals surface area contributed by atoms with E-state index < -0.39 is 15.8 Å². The quantitative estimate of drug-likeness (QED) is 0.713. The number of rotatable bonds is 4. The lowest BCUT2D eigenvalue weighted by atomic mass is 9.73. The van der Waals surface area contributed by atoms with Crippen molar-refractivity contribution < 1.29 is 17.6 Å². The van der Waals surface area contributed by atoms with E-state index in [-0.39, 0.29) is 16.2 Å². The van der Waals surface area contributed by atoms with Gasteiger partial charge in [-0.2, -0.15) is 4.31 Å². The van der Waals surface area contributed by atoms with Gasteiger partial charge >= 0.3 is 0 Å². The fraction of sp³-hybridized carbons (Fsp3) is 0.458. The second-order valence-corrected chi connectivity index (χ2v) is 10.8. The van der Waals surface area contributed by atoms with E-state index in [2.05, 4.69) is 0 Å². The Hall–Kier alpha value is -2.25. The summed E-state index contributed by atoms with van der Waals surface area (Å²) in [6.45, 7) is 3.78. The zero-order valence-electron chi connectivity index (χ0n) is 17.9. The Bertz CT molecular complexity index is 1050. The Kier molecular flexibility index (Phi) is 6.17. The molecule has 0 unspecified atom stereocenters. The number of benzene rings is 2. The van der Waals surface area contributed by atoms with Crippen LogP contribution >= 0.6 is 0 Å². The molecule has 2 aromatic rings. The normalized spacial score (nSPS) is 20.1. The molecular formula is C24H29FN2O3S. The van der Waals surface area contributed by atoms with Crippen LogP contribution in [0.15, 0.2) is 53.4 Å². The summed E-state index contributed by atoms with van der Waals surface area (Å²) >= 11 is 0. The van der Waals surface area contributed by atoms with E-state index >= 15 is 0 Å². The van der Waals surface area contributed by atoms with Gasteiger partial charge in [0.2, 0.25) is 15.9 Å². The van der Waals surface area contributed by atoms with Crippen LogP contribution in [0.5, 0.6) is 0 Å². The summed E-state index contributed by atoms with van der Waals surface area (Å²) in [5.74, 6) is -0.225. The molecule has 2 saturated heterocycles. The molecule has 2 heterocycles. The predicted molar refractivity (Wildman–Crippen MR) is 117 cm³/mol. The third-order valence-electron chi connectivity index (χ3n) is 6.90. The number of aryl methyl sites for hydroxylation is 1. The van der Waals surface area contributed by atoms with Crippen LogP contribution in [0.25, 0.3) is 0 Å². The lowest BCUT2D eigenvalue weighted by Crippen LogP contribution is -2.43. The molecule has 2 aromatic carbocycles. The van der Waals surface area contributed by atoms with Crippen molar-refractivity contribution in [3.63, 3.8) is 0 Å². The van der Waals surface area contributed by atoms with E-state index in [1.807, 2.05) is 35.2 Å². The van der Waals surface area contributed by atoms with Gasteiger partial charge in [-0.15, -0.1) is 0 Å². The summed E-state index contributed by atoms with van der Waals surface area (Å²) in [5.41, 5.74) is 1.46. The summed E-state index contributed by atoms with van der Waals surface area (Å²) in [4.78, 5) is 14.8. The van der Waals surface area contributed by atoms with Crippen LogP contribution in [0.1, 0.15) is 43.2 Å². The third kappa shape index (κ3) is 4.67. The topological polar surface area (TPSA) is 57.7 Å². The van der Waals surface area contributed by atoms with Crippen LogP contribution in [0.4, 0.5) is 4.39 Å². The van der Waals surface area contributed by atoms with E-state index in [1.165, 1.54) is 22.5 Å². The molecule has 0 aromatic heterocycles. The second-order valence-electron chi connectivity index (χ2n) is 8.87. The number of likely N-dealkylation sites (tertiary alicyclic amines) is 1. The molecule has 0 N–H and O–H groups in total. The zero-order valence-corrected chi connectivity index (χ0v) is 18.7. The van der Waals surface area contributed by atoms with Crippen molar-refractivity contribution in [1.82, 2.24) is 9.21 Å². The van der Waals surface area contributed by atoms with Crippen LogP contribution < -0.4 is 0 Å². The van der Waals surface area contributed by atoms with Crippen molar-refractivity contribution in [1.29, 1.82) is 0 Å². The molecule has 4 rings (SSSR count). The first kappa shape index (κ1) is 22.0. The van der Waals surface area contributed by atoms with Gasteiger partial charge < -0.3 is 4.90 Å². The smallest absolute Gasteiger partial charge is 0.243 e. The summed E-state index contributed by atoms with van der Waals surface area (Å²) in [7, 11) is -3.64. The molecule has 1 spiro atoms. The van der Waals surface area contributed by atoms with Crippen LogP contribution in [-0.4, -0.2) is 43.2 Å². The molecule has 2 fully saturated rings. The van der Waals surface area contributed by atoms with Crippen LogP contribution in [0, 0.1) is 18.2 Å². The van der Waals surface area contributed by atoms with Crippen LogP contribution in [-0.2, 0) is 21.4 Å². The fourth-order valence-corrected chi connectivity index (χ4v) is 6.28. The largest absolute Gasteiger partial charge is 0.338 e. The van der Waals surface area contributed by atoms with E-state index in [0.29, 0.717) is 38.2 Å². The molecule has 1 amide bonds. The fourth-order valence-electron chi connectivity index (χ4n) is 4.75. The van der Waals surface area contributed by atoms with Gasteiger partial charge in [0.15, 0.2) is 0 Å². The van der Waals surface area contributed by atoms with E-state index in [1.54, 1.807) is 6.92 Å². The van der Waals surface area contributed by atoms with Gasteiger partial charge in [0.25, 0.3) is 0 Å². The number of carbonyl (C=O) groups excluding carboxylic acids is 1. The van der Waals surface area contributed by atoms with E-state index in [9.17, 15) is 17.6 Å². The highest BCUT2D eigenvalue weighted by atomic mass is 32.2. The average Bonchev–Trinajstić information content (AvgIpc) is 2.91. The van der Waals surface area contributed by atoms with Gasteiger partial charge in [-0.1, -0.05) is 30.3 Å². The Morgan fingerprint density at radius 2 is 1.65 bits per heavy atom. The Morgan fingerprint density at radius 3 is 2.32 bits per heavy atom. The van der Waals surface area contributed by atoms with Crippen molar-refractivity contribution >= 4 is 15.9 Å². The number of carbonyl (C=O) groups is 1. The highest BCUT2D eigenvalue weighted by Gasteiger charge is 2.40. The minimum atomic E-state index is -3.64. The molecule has 0 aliphatic carbocycles. The molecule has 0 radical (unpaired) electrons. The number of sulfonamides is 1. The van der Waals surface area contributed by atoms with Gasteiger partial charge in [0.05, 0.1) is 4.90 Å². The number of halogens is 1. The van der Waals surface area contributed by atoms with Crippen molar-refractivity contribution in [2.24, 2.45) is 5.41 Å². The molecule has 0 atom stereocenters. The highest BCUT2D eigenvalue weighted by molar-refractivity contribution is 7.89. The predicted octanol–water partition coefficient (Wildman–Crippen LogP) is 4.12. The summed E-state index contributed by atoms with van der Waals surface area (Å²) in [6, 6.07) is 14.0. The first-order chi connectivity index (χ1) is 14.8. The SMILES string of the molecule is Cc1cc(S(=O)(=O)N2CCC3(CCC(=O)N(Cc4ccccc4)CC3)CC2)ccc1F. The number of amides is 1. The standard InChI is InChI=1S/C24H29FN2O3S/c1-19-17-21(7-8-22(19)25)31(29,30)27-15-12-24(13-16-27)10-9-23(28)26(14-11-24)18-20-5-3-2-4-6-20/h2-8,17H,9-16,18H2,1H3. The first-order valence-corrected chi connectivity index (χ1v) is 12.3. The number of piperidine rings is 1. The molecule has 2 aliphatic heterocycles. The van der Waals surface area contributed by atoms with Crippen molar-refractivity contribution in [2.75, 3.05) is 19.6 Å². The lowest BCUT2D eigenvalue weighted by Gasteiger charge is -2.40. The maximum atomic E-state index is 13.6. The summed E-state index contributed by atoms with van der Waals surface area (Å²) < 4.78 is 41.2. The van der Waals surface area contributed by atoms with Crippen LogP contribution in [0.3, 0.4) is 0 Å². The summed E-state index contributed by atoms with van der Waals surface area (Å²) in [6.07, 6.45) is 3.71. The molecule has 2 aliphatic rings. The minimum absolute atomic E-state index is 0.00578. The summed E-state index contributed by atoms with van der Waals surface area (Å²) in [5, 5.41) is 0. The van der Waals surface area contributed by atoms with Crippen molar-refractivity contribution in [3.8, 4) is 0 Å². The van der Waals surface area contributed by atoms with Crippen LogP contribution in [0.2, 0.25) is 0 Å². The molecule has 5 nitrogen and oxygen atoms in total. The maximum absolute atomic E-state index is 13.6. The number of hydrogen-bond donors (Lipinski definition) is 0. The Labute approximate surface area is 183 Å². The number of hydrogen-bond acceptors (Lipinski definition) is 3. The van der Waals surface area contributed by atoms with Crippen molar-refractivity contribution in [3.05, 3.63) is 65.5 Å². The minimum Gasteiger partial charge on any atom is -0.338 e. The molecule has 7 heteroatoms. The monoisotopic (exact) mass is 444 g/mol. The van der Waals surface area contributed by atoms with E-state index in [0.717, 1.165) is 31.2 Å². The van der Waals surface area contributed by atoms with E-state index in [4.69, 9.17) is 0 Å². The molecule has 0 saturated carbocycles. The second kappa shape index (κ2) is 8.71. The average molecular weight is 445 g/mol. The first-order valence-electron chi connectivity index (χ1n) is 10.9. The molecule has 0 bridgehead atoms. The molecule has 31 heavy (non-hydrogen) atoms. The third-order valence-corrected chi connectivity index (χ3v) is 8.80. The Morgan fingerprint density at radius 1 is 0.968 bits per heavy atom. The number of nitrogens with zero attached hydrogens (tertiary/aromatic N) is 2. The molecule has 166 valence electrons. The molecular weight excluding hydrogens is 415 g/mol.